The number of fused-ring (bicyclic) bond motifs is 1. The van der Waals surface area contributed by atoms with Gasteiger partial charge >= 0.3 is 0 Å². The molecule has 0 saturated carbocycles. The lowest BCUT2D eigenvalue weighted by Crippen LogP contribution is -2.24. The van der Waals surface area contributed by atoms with Gasteiger partial charge in [0.15, 0.2) is 0 Å². The average molecular weight is 347 g/mol. The minimum atomic E-state index is -0.235. The Morgan fingerprint density at radius 2 is 1.87 bits per heavy atom. The lowest BCUT2D eigenvalue weighted by Gasteiger charge is -2.09. The molecule has 23 heavy (non-hydrogen) atoms. The molecule has 2 heterocycles. The predicted octanol–water partition coefficient (Wildman–Crippen LogP) is 3.57. The molecule has 5 nitrogen and oxygen atoms in total. The van der Waals surface area contributed by atoms with Crippen LogP contribution in [0.2, 0.25) is 10.0 Å². The smallest absolute Gasteiger partial charge is 0.252 e. The van der Waals surface area contributed by atoms with Gasteiger partial charge in [0.25, 0.3) is 5.91 Å². The third-order valence-corrected chi connectivity index (χ3v) is 3.65. The van der Waals surface area contributed by atoms with E-state index in [-0.39, 0.29) is 12.5 Å². The van der Waals surface area contributed by atoms with Crippen molar-refractivity contribution in [3.63, 3.8) is 0 Å². The summed E-state index contributed by atoms with van der Waals surface area (Å²) in [5.74, 6) is 0.247. The highest BCUT2D eigenvalue weighted by atomic mass is 35.5. The van der Waals surface area contributed by atoms with Crippen LogP contribution in [0.1, 0.15) is 21.9 Å². The molecule has 1 N–H and O–H groups in total. The third kappa shape index (κ3) is 3.57. The molecule has 0 fully saturated rings. The van der Waals surface area contributed by atoms with Gasteiger partial charge in [0.1, 0.15) is 5.82 Å². The van der Waals surface area contributed by atoms with Gasteiger partial charge in [-0.2, -0.15) is 0 Å². The number of carbonyl (C=O) groups is 1. The molecule has 1 amide bonds. The van der Waals surface area contributed by atoms with Crippen molar-refractivity contribution in [3.8, 4) is 0 Å². The lowest BCUT2D eigenvalue weighted by atomic mass is 10.1. The second-order valence-corrected chi connectivity index (χ2v) is 5.85. The molecule has 116 valence electrons. The molecular weight excluding hydrogens is 335 g/mol. The van der Waals surface area contributed by atoms with E-state index in [0.717, 1.165) is 11.2 Å². The second kappa shape index (κ2) is 6.48. The van der Waals surface area contributed by atoms with Crippen molar-refractivity contribution in [2.75, 3.05) is 0 Å². The van der Waals surface area contributed by atoms with Crippen molar-refractivity contribution in [3.05, 3.63) is 63.8 Å². The predicted molar refractivity (Wildman–Crippen MR) is 89.7 cm³/mol. The Hall–Kier alpha value is -2.24. The molecular formula is C16H12Cl2N4O. The summed E-state index contributed by atoms with van der Waals surface area (Å²) < 4.78 is 0. The molecule has 0 aliphatic heterocycles. The fraction of sp³-hybridized carbons (Fsp3) is 0.125. The molecule has 2 aromatic heterocycles. The molecule has 3 rings (SSSR count). The molecule has 7 heteroatoms. The summed E-state index contributed by atoms with van der Waals surface area (Å²) in [5.41, 5.74) is 2.00. The number of aryl methyl sites for hydroxylation is 1. The summed E-state index contributed by atoms with van der Waals surface area (Å²) in [6, 6.07) is 7.01. The topological polar surface area (TPSA) is 67.8 Å². The fourth-order valence-electron chi connectivity index (χ4n) is 2.20. The van der Waals surface area contributed by atoms with E-state index in [2.05, 4.69) is 20.3 Å². The van der Waals surface area contributed by atoms with E-state index in [0.29, 0.717) is 26.8 Å². The zero-order valence-electron chi connectivity index (χ0n) is 12.2. The van der Waals surface area contributed by atoms with Crippen LogP contribution in [0.3, 0.4) is 0 Å². The Balaban J connectivity index is 1.88. The van der Waals surface area contributed by atoms with Crippen molar-refractivity contribution in [2.45, 2.75) is 13.5 Å². The number of benzene rings is 1. The quantitative estimate of drug-likeness (QED) is 0.787. The van der Waals surface area contributed by atoms with E-state index in [9.17, 15) is 4.79 Å². The standard InChI is InChI=1S/C16H12Cl2N4O/c1-9-4-13(12-5-10(17)2-3-14(12)22-9)16(23)21-8-15-19-6-11(18)7-20-15/h2-7H,8H2,1H3,(H,21,23). The van der Waals surface area contributed by atoms with Crippen molar-refractivity contribution < 1.29 is 4.79 Å². The number of rotatable bonds is 3. The summed E-state index contributed by atoms with van der Waals surface area (Å²) in [4.78, 5) is 25.0. The van der Waals surface area contributed by atoms with Crippen LogP contribution < -0.4 is 5.32 Å². The minimum absolute atomic E-state index is 0.208. The van der Waals surface area contributed by atoms with Crippen LogP contribution in [0, 0.1) is 6.92 Å². The molecule has 1 aromatic carbocycles. The van der Waals surface area contributed by atoms with Crippen LogP contribution in [0.15, 0.2) is 36.7 Å². The maximum Gasteiger partial charge on any atom is 0.252 e. The summed E-state index contributed by atoms with van der Waals surface area (Å²) in [6.07, 6.45) is 2.98. The molecule has 0 spiro atoms. The van der Waals surface area contributed by atoms with Crippen LogP contribution in [0.5, 0.6) is 0 Å². The first-order valence-corrected chi connectivity index (χ1v) is 7.60. The highest BCUT2D eigenvalue weighted by Crippen LogP contribution is 2.22. The third-order valence-electron chi connectivity index (χ3n) is 3.22. The first-order chi connectivity index (χ1) is 11.0. The lowest BCUT2D eigenvalue weighted by molar-refractivity contribution is 0.0951. The number of halogens is 2. The zero-order chi connectivity index (χ0) is 16.4. The average Bonchev–Trinajstić information content (AvgIpc) is 2.53. The maximum atomic E-state index is 12.5. The van der Waals surface area contributed by atoms with Gasteiger partial charge in [-0.05, 0) is 31.2 Å². The van der Waals surface area contributed by atoms with E-state index in [1.165, 1.54) is 12.4 Å². The van der Waals surface area contributed by atoms with Gasteiger partial charge in [-0.25, -0.2) is 9.97 Å². The van der Waals surface area contributed by atoms with Gasteiger partial charge in [0.05, 0.1) is 22.6 Å². The van der Waals surface area contributed by atoms with Crippen LogP contribution in [-0.4, -0.2) is 20.9 Å². The Labute approximate surface area is 142 Å². The van der Waals surface area contributed by atoms with E-state index >= 15 is 0 Å². The number of nitrogens with one attached hydrogen (secondary N) is 1. The van der Waals surface area contributed by atoms with E-state index in [4.69, 9.17) is 23.2 Å². The SMILES string of the molecule is Cc1cc(C(=O)NCc2ncc(Cl)cn2)c2cc(Cl)ccc2n1. The largest absolute Gasteiger partial charge is 0.345 e. The van der Waals surface area contributed by atoms with Crippen molar-refractivity contribution in [1.29, 1.82) is 0 Å². The first-order valence-electron chi connectivity index (χ1n) is 6.84. The number of hydrogen-bond acceptors (Lipinski definition) is 4. The van der Waals surface area contributed by atoms with Gasteiger partial charge in [-0.15, -0.1) is 0 Å². The molecule has 0 bridgehead atoms. The Morgan fingerprint density at radius 1 is 1.13 bits per heavy atom. The van der Waals surface area contributed by atoms with Gasteiger partial charge < -0.3 is 5.32 Å². The molecule has 0 atom stereocenters. The monoisotopic (exact) mass is 346 g/mol. The number of nitrogens with zero attached hydrogens (tertiary/aromatic N) is 3. The Bertz CT molecular complexity index is 881. The van der Waals surface area contributed by atoms with Gasteiger partial charge in [-0.3, -0.25) is 9.78 Å². The summed E-state index contributed by atoms with van der Waals surface area (Å²) >= 11 is 11.8. The van der Waals surface area contributed by atoms with Gasteiger partial charge in [0.2, 0.25) is 0 Å². The summed E-state index contributed by atoms with van der Waals surface area (Å²) in [6.45, 7) is 2.05. The summed E-state index contributed by atoms with van der Waals surface area (Å²) in [7, 11) is 0. The first kappa shape index (κ1) is 15.6. The second-order valence-electron chi connectivity index (χ2n) is 4.97. The molecule has 0 aliphatic rings. The van der Waals surface area contributed by atoms with E-state index < -0.39 is 0 Å². The highest BCUT2D eigenvalue weighted by molar-refractivity contribution is 6.31. The van der Waals surface area contributed by atoms with Crippen molar-refractivity contribution >= 4 is 40.0 Å². The van der Waals surface area contributed by atoms with Crippen LogP contribution in [-0.2, 0) is 6.54 Å². The molecule has 0 aliphatic carbocycles. The molecule has 0 radical (unpaired) electrons. The highest BCUT2D eigenvalue weighted by Gasteiger charge is 2.13. The van der Waals surface area contributed by atoms with Crippen molar-refractivity contribution in [1.82, 2.24) is 20.3 Å². The zero-order valence-corrected chi connectivity index (χ0v) is 13.7. The van der Waals surface area contributed by atoms with Crippen LogP contribution in [0.4, 0.5) is 0 Å². The minimum Gasteiger partial charge on any atom is -0.345 e. The van der Waals surface area contributed by atoms with E-state index in [1.54, 1.807) is 24.3 Å². The molecule has 3 aromatic rings. The fourth-order valence-corrected chi connectivity index (χ4v) is 2.47. The van der Waals surface area contributed by atoms with Crippen molar-refractivity contribution in [2.24, 2.45) is 0 Å². The summed E-state index contributed by atoms with van der Waals surface area (Å²) in [5, 5.41) is 4.51. The van der Waals surface area contributed by atoms with Crippen LogP contribution in [0.25, 0.3) is 10.9 Å². The Morgan fingerprint density at radius 3 is 2.61 bits per heavy atom. The van der Waals surface area contributed by atoms with Crippen LogP contribution >= 0.6 is 23.2 Å². The van der Waals surface area contributed by atoms with Gasteiger partial charge in [-0.1, -0.05) is 23.2 Å². The molecule has 0 unspecified atom stereocenters. The number of amides is 1. The number of pyridine rings is 1. The normalized spacial score (nSPS) is 10.7. The Kier molecular flexibility index (Phi) is 4.41. The van der Waals surface area contributed by atoms with E-state index in [1.807, 2.05) is 6.92 Å². The molecule has 0 saturated heterocycles. The number of carbonyl (C=O) groups excluding carboxylic acids is 1. The maximum absolute atomic E-state index is 12.5. The van der Waals surface area contributed by atoms with Gasteiger partial charge in [0, 0.05) is 28.5 Å². The number of hydrogen-bond donors (Lipinski definition) is 1. The number of aromatic nitrogens is 3.